The summed E-state index contributed by atoms with van der Waals surface area (Å²) in [5, 5.41) is 8.63. The van der Waals surface area contributed by atoms with Crippen molar-refractivity contribution >= 4 is 29.3 Å². The van der Waals surface area contributed by atoms with E-state index in [0.29, 0.717) is 0 Å². The van der Waals surface area contributed by atoms with Crippen molar-refractivity contribution in [2.24, 2.45) is 0 Å². The van der Waals surface area contributed by atoms with Crippen molar-refractivity contribution in [2.75, 3.05) is 11.5 Å². The average Bonchev–Trinajstić information content (AvgIpc) is 2.99. The van der Waals surface area contributed by atoms with Crippen LogP contribution in [-0.2, 0) is 11.2 Å². The van der Waals surface area contributed by atoms with Crippen LogP contribution in [0, 0.1) is 0 Å². The number of anilines is 2. The van der Waals surface area contributed by atoms with Crippen LogP contribution in [0.3, 0.4) is 0 Å². The maximum Gasteiger partial charge on any atom is 0.346 e. The van der Waals surface area contributed by atoms with Crippen LogP contribution in [-0.4, -0.2) is 23.0 Å². The fourth-order valence-corrected chi connectivity index (χ4v) is 2.72. The number of nitrogen functional groups attached to an aromatic ring is 2. The van der Waals surface area contributed by atoms with Gasteiger partial charge in [-0.15, -0.1) is 0 Å². The molecule has 1 aliphatic rings. The Morgan fingerprint density at radius 3 is 1.72 bits per heavy atom. The van der Waals surface area contributed by atoms with Gasteiger partial charge < -0.3 is 21.3 Å². The third-order valence-corrected chi connectivity index (χ3v) is 4.26. The average molecular weight is 390 g/mol. The van der Waals surface area contributed by atoms with Gasteiger partial charge in [-0.25, -0.2) is 14.4 Å². The number of benzene rings is 3. The number of nitrogens with two attached hydrogens (primary N) is 2. The van der Waals surface area contributed by atoms with Gasteiger partial charge in [0.1, 0.15) is 0 Å². The molecule has 0 fully saturated rings. The summed E-state index contributed by atoms with van der Waals surface area (Å²) in [6.07, 6.45) is 0.917. The Hall–Kier alpha value is -4.13. The first-order valence-corrected chi connectivity index (χ1v) is 8.66. The Labute approximate surface area is 166 Å². The first-order valence-electron chi connectivity index (χ1n) is 8.66. The van der Waals surface area contributed by atoms with Crippen molar-refractivity contribution in [3.05, 3.63) is 94.5 Å². The first kappa shape index (κ1) is 19.6. The highest BCUT2D eigenvalue weighted by Crippen LogP contribution is 2.21. The van der Waals surface area contributed by atoms with Crippen molar-refractivity contribution in [2.45, 2.75) is 6.42 Å². The van der Waals surface area contributed by atoms with Crippen molar-refractivity contribution in [3.8, 4) is 0 Å². The number of carbonyl (C=O) groups is 3. The summed E-state index contributed by atoms with van der Waals surface area (Å²) in [6.45, 7) is 0. The van der Waals surface area contributed by atoms with E-state index in [1.165, 1.54) is 23.3 Å². The molecule has 7 nitrogen and oxygen atoms in total. The van der Waals surface area contributed by atoms with Gasteiger partial charge in [-0.1, -0.05) is 24.3 Å². The lowest BCUT2D eigenvalue weighted by atomic mass is 10.0. The fraction of sp³-hybridized carbons (Fsp3) is 0.0455. The Bertz CT molecular complexity index is 1030. The molecule has 29 heavy (non-hydrogen) atoms. The van der Waals surface area contributed by atoms with Gasteiger partial charge in [-0.05, 0) is 60.0 Å². The third kappa shape index (κ3) is 4.78. The van der Waals surface area contributed by atoms with Crippen LogP contribution >= 0.6 is 0 Å². The van der Waals surface area contributed by atoms with Crippen molar-refractivity contribution in [3.63, 3.8) is 0 Å². The predicted octanol–water partition coefficient (Wildman–Crippen LogP) is 3.14. The maximum absolute atomic E-state index is 11.0. The molecule has 3 aromatic carbocycles. The Morgan fingerprint density at radius 2 is 1.24 bits per heavy atom. The molecule has 0 aromatic heterocycles. The SMILES string of the molecule is Nc1ccc(Cc2ccc(N)cc2)cc1.O=C(O)c1ccc2c(c1)C(=O)OC2=O. The zero-order valence-electron chi connectivity index (χ0n) is 15.3. The molecule has 0 unspecified atom stereocenters. The van der Waals surface area contributed by atoms with Crippen LogP contribution in [0.15, 0.2) is 66.7 Å². The van der Waals surface area contributed by atoms with E-state index in [2.05, 4.69) is 4.74 Å². The highest BCUT2D eigenvalue weighted by molar-refractivity contribution is 6.15. The quantitative estimate of drug-likeness (QED) is 0.355. The summed E-state index contributed by atoms with van der Waals surface area (Å²) in [5.41, 5.74) is 15.4. The molecule has 0 amide bonds. The summed E-state index contributed by atoms with van der Waals surface area (Å²) >= 11 is 0. The minimum absolute atomic E-state index is 0.00917. The molecule has 146 valence electrons. The number of rotatable bonds is 3. The maximum atomic E-state index is 11.0. The van der Waals surface area contributed by atoms with Gasteiger partial charge in [0, 0.05) is 11.4 Å². The van der Waals surface area contributed by atoms with E-state index in [0.717, 1.165) is 23.9 Å². The van der Waals surface area contributed by atoms with E-state index in [9.17, 15) is 14.4 Å². The van der Waals surface area contributed by atoms with Crippen LogP contribution in [0.2, 0.25) is 0 Å². The molecule has 0 saturated heterocycles. The number of aromatic carboxylic acids is 1. The van der Waals surface area contributed by atoms with Crippen molar-refractivity contribution < 1.29 is 24.2 Å². The molecule has 3 aromatic rings. The summed E-state index contributed by atoms with van der Waals surface area (Å²) in [4.78, 5) is 32.5. The van der Waals surface area contributed by atoms with E-state index in [-0.39, 0.29) is 16.7 Å². The molecule has 0 bridgehead atoms. The Kier molecular flexibility index (Phi) is 5.59. The molecular formula is C22H18N2O5. The zero-order valence-corrected chi connectivity index (χ0v) is 15.3. The van der Waals surface area contributed by atoms with Gasteiger partial charge >= 0.3 is 17.9 Å². The second-order valence-corrected chi connectivity index (χ2v) is 6.40. The number of cyclic esters (lactones) is 2. The number of hydrogen-bond acceptors (Lipinski definition) is 6. The second-order valence-electron chi connectivity index (χ2n) is 6.40. The van der Waals surface area contributed by atoms with E-state index in [1.54, 1.807) is 0 Å². The molecule has 0 aliphatic carbocycles. The minimum atomic E-state index is -1.15. The van der Waals surface area contributed by atoms with Gasteiger partial charge in [0.05, 0.1) is 16.7 Å². The molecule has 0 radical (unpaired) electrons. The zero-order chi connectivity index (χ0) is 21.0. The highest BCUT2D eigenvalue weighted by Gasteiger charge is 2.30. The van der Waals surface area contributed by atoms with Crippen LogP contribution in [0.4, 0.5) is 11.4 Å². The van der Waals surface area contributed by atoms with Crippen LogP contribution in [0.25, 0.3) is 0 Å². The number of esters is 2. The largest absolute Gasteiger partial charge is 0.478 e. The number of hydrogen-bond donors (Lipinski definition) is 3. The molecule has 5 N–H and O–H groups in total. The van der Waals surface area contributed by atoms with E-state index in [4.69, 9.17) is 16.6 Å². The molecule has 1 heterocycles. The van der Waals surface area contributed by atoms with Crippen molar-refractivity contribution in [1.82, 2.24) is 0 Å². The molecule has 4 rings (SSSR count). The van der Waals surface area contributed by atoms with E-state index >= 15 is 0 Å². The first-order chi connectivity index (χ1) is 13.8. The number of fused-ring (bicyclic) bond motifs is 1. The fourth-order valence-electron chi connectivity index (χ4n) is 2.72. The van der Waals surface area contributed by atoms with Crippen LogP contribution < -0.4 is 11.5 Å². The molecule has 0 spiro atoms. The number of carbonyl (C=O) groups excluding carboxylic acids is 2. The van der Waals surface area contributed by atoms with E-state index < -0.39 is 17.9 Å². The standard InChI is InChI=1S/C13H14N2.C9H4O5/c14-12-5-1-10(2-6-12)9-11-3-7-13(15)8-4-11;10-7(11)4-1-2-5-6(3-4)9(13)14-8(5)12/h1-8H,9,14-15H2;1-3H,(H,10,11). The Morgan fingerprint density at radius 1 is 0.759 bits per heavy atom. The molecule has 7 heteroatoms. The second kappa shape index (κ2) is 8.26. The van der Waals surface area contributed by atoms with Gasteiger partial charge in [0.25, 0.3) is 0 Å². The summed E-state index contributed by atoms with van der Waals surface area (Å²) in [5.74, 6) is -2.69. The molecule has 0 atom stereocenters. The summed E-state index contributed by atoms with van der Waals surface area (Å²) in [6, 6.07) is 19.5. The predicted molar refractivity (Wildman–Crippen MR) is 108 cm³/mol. The lowest BCUT2D eigenvalue weighted by molar-refractivity contribution is 0.0443. The summed E-state index contributed by atoms with van der Waals surface area (Å²) in [7, 11) is 0. The van der Waals surface area contributed by atoms with Gasteiger partial charge in [-0.3, -0.25) is 0 Å². The lowest BCUT2D eigenvalue weighted by Crippen LogP contribution is -2.00. The molecular weight excluding hydrogens is 372 g/mol. The number of ether oxygens (including phenoxy) is 1. The molecule has 0 saturated carbocycles. The minimum Gasteiger partial charge on any atom is -0.478 e. The van der Waals surface area contributed by atoms with Crippen LogP contribution in [0.1, 0.15) is 42.2 Å². The monoisotopic (exact) mass is 390 g/mol. The normalized spacial score (nSPS) is 11.9. The van der Waals surface area contributed by atoms with E-state index in [1.807, 2.05) is 48.5 Å². The van der Waals surface area contributed by atoms with Crippen LogP contribution in [0.5, 0.6) is 0 Å². The summed E-state index contributed by atoms with van der Waals surface area (Å²) < 4.78 is 4.30. The Balaban J connectivity index is 0.000000166. The number of carboxylic acids is 1. The third-order valence-electron chi connectivity index (χ3n) is 4.26. The van der Waals surface area contributed by atoms with Gasteiger partial charge in [0.15, 0.2) is 0 Å². The lowest BCUT2D eigenvalue weighted by Gasteiger charge is -2.02. The smallest absolute Gasteiger partial charge is 0.346 e. The highest BCUT2D eigenvalue weighted by atomic mass is 16.6. The van der Waals surface area contributed by atoms with Crippen molar-refractivity contribution in [1.29, 1.82) is 0 Å². The topological polar surface area (TPSA) is 133 Å². The molecule has 1 aliphatic heterocycles. The number of carboxylic acid groups (broad SMARTS) is 1. The van der Waals surface area contributed by atoms with Gasteiger partial charge in [0.2, 0.25) is 0 Å². The van der Waals surface area contributed by atoms with Gasteiger partial charge in [-0.2, -0.15) is 0 Å².